The van der Waals surface area contributed by atoms with E-state index >= 15 is 0 Å². The van der Waals surface area contributed by atoms with Gasteiger partial charge in [0.15, 0.2) is 0 Å². The molecule has 0 N–H and O–H groups in total. The molecule has 1 heterocycles. The predicted octanol–water partition coefficient (Wildman–Crippen LogP) is 1.80. The molecule has 1 saturated heterocycles. The van der Waals surface area contributed by atoms with Gasteiger partial charge < -0.3 is 9.47 Å². The molecular formula is C12H24O2Si. The molecule has 1 unspecified atom stereocenters. The lowest BCUT2D eigenvalue weighted by atomic mass is 9.87. The minimum Gasteiger partial charge on any atom is -0.355 e. The normalized spacial score (nSPS) is 33.6. The van der Waals surface area contributed by atoms with Gasteiger partial charge in [0, 0.05) is 13.2 Å². The first-order valence-corrected chi connectivity index (χ1v) is 7.56. The molecule has 0 spiro atoms. The Morgan fingerprint density at radius 1 is 1.20 bits per heavy atom. The fraction of sp³-hybridized carbons (Fsp3) is 1.00. The molecule has 0 aromatic heterocycles. The molecule has 0 aromatic rings. The second-order valence-corrected chi connectivity index (χ2v) is 6.75. The van der Waals surface area contributed by atoms with Crippen molar-refractivity contribution < 1.29 is 9.47 Å². The highest BCUT2D eigenvalue weighted by atomic mass is 28.1. The maximum Gasteiger partial charge on any atom is 0.141 e. The summed E-state index contributed by atoms with van der Waals surface area (Å²) in [5.74, 6) is 0.936. The Morgan fingerprint density at radius 3 is 2.67 bits per heavy atom. The zero-order valence-electron chi connectivity index (χ0n) is 9.96. The van der Waals surface area contributed by atoms with E-state index in [0.717, 1.165) is 35.8 Å². The summed E-state index contributed by atoms with van der Waals surface area (Å²) in [7, 11) is 1.02. The molecule has 88 valence electrons. The van der Waals surface area contributed by atoms with Gasteiger partial charge >= 0.3 is 0 Å². The van der Waals surface area contributed by atoms with Crippen LogP contribution in [0.1, 0.15) is 51.4 Å². The average molecular weight is 228 g/mol. The second kappa shape index (κ2) is 5.46. The van der Waals surface area contributed by atoms with Gasteiger partial charge in [-0.25, -0.2) is 0 Å². The summed E-state index contributed by atoms with van der Waals surface area (Å²) >= 11 is 0. The zero-order valence-corrected chi connectivity index (χ0v) is 12.0. The van der Waals surface area contributed by atoms with E-state index in [4.69, 9.17) is 9.47 Å². The lowest BCUT2D eigenvalue weighted by Gasteiger charge is -2.26. The van der Waals surface area contributed by atoms with Crippen LogP contribution in [-0.4, -0.2) is 28.9 Å². The van der Waals surface area contributed by atoms with Gasteiger partial charge in [-0.3, -0.25) is 0 Å². The van der Waals surface area contributed by atoms with Gasteiger partial charge in [-0.2, -0.15) is 0 Å². The molecule has 0 amide bonds. The standard InChI is InChI=1S/C12H24O2Si/c15-12(8-4-9-13-12)14-10-7-11-5-2-1-3-6-11/h11H,1-10H2,15H3. The van der Waals surface area contributed by atoms with E-state index in [-0.39, 0.29) is 5.41 Å². The number of hydrogen-bond acceptors (Lipinski definition) is 2. The highest BCUT2D eigenvalue weighted by molar-refractivity contribution is 6.13. The van der Waals surface area contributed by atoms with E-state index in [1.165, 1.54) is 44.9 Å². The molecule has 2 rings (SSSR count). The van der Waals surface area contributed by atoms with E-state index in [0.29, 0.717) is 0 Å². The van der Waals surface area contributed by atoms with Crippen LogP contribution in [0.5, 0.6) is 0 Å². The molecule has 2 nitrogen and oxygen atoms in total. The highest BCUT2D eigenvalue weighted by Crippen LogP contribution is 2.28. The molecule has 1 atom stereocenters. The third kappa shape index (κ3) is 3.57. The molecule has 1 aliphatic carbocycles. The van der Waals surface area contributed by atoms with Gasteiger partial charge in [-0.15, -0.1) is 0 Å². The molecule has 0 aromatic carbocycles. The van der Waals surface area contributed by atoms with Crippen molar-refractivity contribution in [2.75, 3.05) is 13.2 Å². The van der Waals surface area contributed by atoms with E-state index in [9.17, 15) is 0 Å². The lowest BCUT2D eigenvalue weighted by molar-refractivity contribution is -0.150. The Balaban J connectivity index is 1.61. The molecule has 3 heteroatoms. The molecule has 1 saturated carbocycles. The van der Waals surface area contributed by atoms with E-state index in [2.05, 4.69) is 0 Å². The van der Waals surface area contributed by atoms with Crippen molar-refractivity contribution in [3.8, 4) is 0 Å². The topological polar surface area (TPSA) is 18.5 Å². The van der Waals surface area contributed by atoms with Gasteiger partial charge in [0.05, 0.1) is 10.2 Å². The Hall–Kier alpha value is 0.137. The highest BCUT2D eigenvalue weighted by Gasteiger charge is 2.30. The third-order valence-electron chi connectivity index (χ3n) is 3.84. The van der Waals surface area contributed by atoms with Crippen molar-refractivity contribution in [3.05, 3.63) is 0 Å². The van der Waals surface area contributed by atoms with E-state index < -0.39 is 0 Å². The van der Waals surface area contributed by atoms with Crippen LogP contribution < -0.4 is 0 Å². The van der Waals surface area contributed by atoms with Gasteiger partial charge in [-0.05, 0) is 25.2 Å². The monoisotopic (exact) mass is 228 g/mol. The van der Waals surface area contributed by atoms with Gasteiger partial charge in [0.2, 0.25) is 0 Å². The summed E-state index contributed by atoms with van der Waals surface area (Å²) in [6.45, 7) is 1.83. The fourth-order valence-corrected chi connectivity index (χ4v) is 3.55. The smallest absolute Gasteiger partial charge is 0.141 e. The van der Waals surface area contributed by atoms with Crippen LogP contribution in [0.3, 0.4) is 0 Å². The summed E-state index contributed by atoms with van der Waals surface area (Å²) in [4.78, 5) is 0. The molecule has 1 aliphatic heterocycles. The summed E-state index contributed by atoms with van der Waals surface area (Å²) in [5.41, 5.74) is -0.116. The second-order valence-electron chi connectivity index (χ2n) is 5.23. The van der Waals surface area contributed by atoms with E-state index in [1.54, 1.807) is 0 Å². The van der Waals surface area contributed by atoms with Crippen molar-refractivity contribution in [3.63, 3.8) is 0 Å². The molecule has 15 heavy (non-hydrogen) atoms. The summed E-state index contributed by atoms with van der Waals surface area (Å²) in [6.07, 6.45) is 10.8. The Morgan fingerprint density at radius 2 is 2.00 bits per heavy atom. The SMILES string of the molecule is [SiH3]C1(OCCC2CCCCC2)CCCO1. The van der Waals surface area contributed by atoms with Crippen molar-refractivity contribution in [2.45, 2.75) is 56.8 Å². The zero-order chi connectivity index (χ0) is 10.6. The van der Waals surface area contributed by atoms with Crippen LogP contribution in [0, 0.1) is 5.92 Å². The lowest BCUT2D eigenvalue weighted by Crippen LogP contribution is -2.32. The number of hydrogen-bond donors (Lipinski definition) is 0. The molecule has 0 bridgehead atoms. The fourth-order valence-electron chi connectivity index (χ4n) is 2.78. The predicted molar refractivity (Wildman–Crippen MR) is 65.0 cm³/mol. The van der Waals surface area contributed by atoms with E-state index in [1.807, 2.05) is 0 Å². The van der Waals surface area contributed by atoms with Gasteiger partial charge in [0.1, 0.15) is 5.41 Å². The Kier molecular flexibility index (Phi) is 4.23. The van der Waals surface area contributed by atoms with Crippen molar-refractivity contribution >= 4 is 10.2 Å². The van der Waals surface area contributed by atoms with Crippen LogP contribution in [0.15, 0.2) is 0 Å². The largest absolute Gasteiger partial charge is 0.355 e. The number of rotatable bonds is 4. The summed E-state index contributed by atoms with van der Waals surface area (Å²) in [6, 6.07) is 0. The first-order valence-electron chi connectivity index (χ1n) is 6.56. The summed E-state index contributed by atoms with van der Waals surface area (Å²) in [5, 5.41) is 0. The minimum absolute atomic E-state index is 0.116. The number of ether oxygens (including phenoxy) is 2. The maximum atomic E-state index is 5.93. The van der Waals surface area contributed by atoms with Crippen molar-refractivity contribution in [1.82, 2.24) is 0 Å². The quantitative estimate of drug-likeness (QED) is 0.683. The van der Waals surface area contributed by atoms with Crippen LogP contribution in [0.4, 0.5) is 0 Å². The summed E-state index contributed by atoms with van der Waals surface area (Å²) < 4.78 is 11.6. The average Bonchev–Trinajstić information content (AvgIpc) is 2.67. The minimum atomic E-state index is -0.116. The Labute approximate surface area is 96.1 Å². The molecule has 0 radical (unpaired) electrons. The van der Waals surface area contributed by atoms with Gasteiger partial charge in [0.25, 0.3) is 0 Å². The Bertz CT molecular complexity index is 184. The molecule has 2 fully saturated rings. The van der Waals surface area contributed by atoms with Gasteiger partial charge in [-0.1, -0.05) is 32.1 Å². The van der Waals surface area contributed by atoms with Crippen molar-refractivity contribution in [1.29, 1.82) is 0 Å². The maximum absolute atomic E-state index is 5.93. The first-order chi connectivity index (χ1) is 7.29. The van der Waals surface area contributed by atoms with Crippen molar-refractivity contribution in [2.24, 2.45) is 5.92 Å². The van der Waals surface area contributed by atoms with Crippen LogP contribution >= 0.6 is 0 Å². The molecular weight excluding hydrogens is 204 g/mol. The van der Waals surface area contributed by atoms with Crippen LogP contribution in [0.25, 0.3) is 0 Å². The van der Waals surface area contributed by atoms with Crippen LogP contribution in [0.2, 0.25) is 0 Å². The molecule has 2 aliphatic rings. The third-order valence-corrected chi connectivity index (χ3v) is 4.92. The van der Waals surface area contributed by atoms with Crippen LogP contribution in [-0.2, 0) is 9.47 Å². The first kappa shape index (κ1) is 11.6.